The molecule has 6 heteroatoms. The highest BCUT2D eigenvalue weighted by Gasteiger charge is 2.27. The van der Waals surface area contributed by atoms with E-state index in [0.717, 1.165) is 16.6 Å². The molecule has 0 fully saturated rings. The molecular weight excluding hydrogens is 304 g/mol. The van der Waals surface area contributed by atoms with E-state index in [4.69, 9.17) is 0 Å². The second kappa shape index (κ2) is 5.63. The Balaban J connectivity index is 1.63. The summed E-state index contributed by atoms with van der Waals surface area (Å²) in [5.41, 5.74) is 2.99. The minimum Gasteiger partial charge on any atom is -0.351 e. The van der Waals surface area contributed by atoms with Crippen LogP contribution in [0.4, 0.5) is 0 Å². The summed E-state index contributed by atoms with van der Waals surface area (Å²) in [6.07, 6.45) is 2.06. The molecule has 0 saturated heterocycles. The van der Waals surface area contributed by atoms with Crippen LogP contribution in [0.3, 0.4) is 0 Å². The van der Waals surface area contributed by atoms with E-state index in [1.165, 1.54) is 0 Å². The zero-order valence-electron chi connectivity index (χ0n) is 13.5. The minimum atomic E-state index is -0.0476. The molecule has 0 aliphatic carbocycles. The predicted octanol–water partition coefficient (Wildman–Crippen LogP) is 2.61. The van der Waals surface area contributed by atoms with E-state index >= 15 is 0 Å². The van der Waals surface area contributed by atoms with E-state index in [-0.39, 0.29) is 11.7 Å². The van der Waals surface area contributed by atoms with Crippen molar-refractivity contribution in [2.45, 2.75) is 26.4 Å². The summed E-state index contributed by atoms with van der Waals surface area (Å²) in [7, 11) is 0. The Morgan fingerprint density at radius 2 is 2.08 bits per heavy atom. The zero-order valence-corrected chi connectivity index (χ0v) is 13.5. The SMILES string of the molecule is CCC(=O)c1cnn2c1CN(C(=O)c1cc3ccccc3[nH]1)CC2. The third-order valence-corrected chi connectivity index (χ3v) is 4.54. The van der Waals surface area contributed by atoms with Crippen LogP contribution in [0.15, 0.2) is 36.5 Å². The number of benzene rings is 1. The van der Waals surface area contributed by atoms with Crippen molar-refractivity contribution in [3.05, 3.63) is 53.5 Å². The molecule has 1 N–H and O–H groups in total. The lowest BCUT2D eigenvalue weighted by Gasteiger charge is -2.28. The maximum Gasteiger partial charge on any atom is 0.270 e. The van der Waals surface area contributed by atoms with Gasteiger partial charge in [0.1, 0.15) is 5.69 Å². The Morgan fingerprint density at radius 1 is 1.25 bits per heavy atom. The van der Waals surface area contributed by atoms with Gasteiger partial charge in [-0.25, -0.2) is 0 Å². The number of hydrogen-bond acceptors (Lipinski definition) is 3. The summed E-state index contributed by atoms with van der Waals surface area (Å²) in [5.74, 6) is 0.0182. The predicted molar refractivity (Wildman–Crippen MR) is 89.9 cm³/mol. The van der Waals surface area contributed by atoms with Crippen molar-refractivity contribution in [3.63, 3.8) is 0 Å². The van der Waals surface area contributed by atoms with Crippen LogP contribution in [-0.2, 0) is 13.1 Å². The first-order chi connectivity index (χ1) is 11.7. The third-order valence-electron chi connectivity index (χ3n) is 4.54. The summed E-state index contributed by atoms with van der Waals surface area (Å²) >= 11 is 0. The van der Waals surface area contributed by atoms with Gasteiger partial charge in [0, 0.05) is 23.9 Å². The van der Waals surface area contributed by atoms with Crippen LogP contribution in [0.5, 0.6) is 0 Å². The Hall–Kier alpha value is -2.89. The number of aromatic amines is 1. The van der Waals surface area contributed by atoms with Crippen molar-refractivity contribution in [3.8, 4) is 0 Å². The molecular formula is C18H18N4O2. The van der Waals surface area contributed by atoms with E-state index in [1.54, 1.807) is 11.1 Å². The van der Waals surface area contributed by atoms with Gasteiger partial charge in [0.25, 0.3) is 5.91 Å². The number of Topliss-reactive ketones (excluding diaryl/α,β-unsaturated/α-hetero) is 1. The highest BCUT2D eigenvalue weighted by molar-refractivity contribution is 5.99. The largest absolute Gasteiger partial charge is 0.351 e. The van der Waals surface area contributed by atoms with Crippen LogP contribution < -0.4 is 0 Å². The third kappa shape index (κ3) is 2.31. The molecule has 24 heavy (non-hydrogen) atoms. The first-order valence-corrected chi connectivity index (χ1v) is 8.12. The molecule has 0 unspecified atom stereocenters. The second-order valence-corrected chi connectivity index (χ2v) is 6.00. The number of rotatable bonds is 3. The topological polar surface area (TPSA) is 71.0 Å². The number of carbonyl (C=O) groups excluding carboxylic acids is 2. The van der Waals surface area contributed by atoms with Gasteiger partial charge in [0.05, 0.1) is 30.5 Å². The average molecular weight is 322 g/mol. The number of para-hydroxylation sites is 1. The molecule has 1 aromatic carbocycles. The van der Waals surface area contributed by atoms with Gasteiger partial charge < -0.3 is 9.88 Å². The van der Waals surface area contributed by atoms with Crippen molar-refractivity contribution in [2.24, 2.45) is 0 Å². The van der Waals surface area contributed by atoms with Crippen LogP contribution in [-0.4, -0.2) is 37.9 Å². The van der Waals surface area contributed by atoms with Crippen molar-refractivity contribution in [2.75, 3.05) is 6.54 Å². The van der Waals surface area contributed by atoms with E-state index in [9.17, 15) is 9.59 Å². The molecule has 122 valence electrons. The summed E-state index contributed by atoms with van der Waals surface area (Å²) in [6, 6.07) is 9.70. The summed E-state index contributed by atoms with van der Waals surface area (Å²) in [5, 5.41) is 5.30. The number of aromatic nitrogens is 3. The lowest BCUT2D eigenvalue weighted by atomic mass is 10.1. The molecule has 3 heterocycles. The number of fused-ring (bicyclic) bond motifs is 2. The number of ketones is 1. The zero-order chi connectivity index (χ0) is 16.7. The van der Waals surface area contributed by atoms with Gasteiger partial charge in [-0.3, -0.25) is 14.3 Å². The first-order valence-electron chi connectivity index (χ1n) is 8.12. The van der Waals surface area contributed by atoms with E-state index in [1.807, 2.05) is 41.9 Å². The fourth-order valence-corrected chi connectivity index (χ4v) is 3.20. The molecule has 0 radical (unpaired) electrons. The van der Waals surface area contributed by atoms with Gasteiger partial charge in [-0.05, 0) is 12.1 Å². The van der Waals surface area contributed by atoms with Gasteiger partial charge in [-0.1, -0.05) is 25.1 Å². The van der Waals surface area contributed by atoms with Crippen LogP contribution in [0, 0.1) is 0 Å². The van der Waals surface area contributed by atoms with Crippen molar-refractivity contribution >= 4 is 22.6 Å². The van der Waals surface area contributed by atoms with Crippen LogP contribution in [0.2, 0.25) is 0 Å². The average Bonchev–Trinajstić information content (AvgIpc) is 3.23. The molecule has 0 spiro atoms. The second-order valence-electron chi connectivity index (χ2n) is 6.00. The molecule has 0 bridgehead atoms. The summed E-state index contributed by atoms with van der Waals surface area (Å²) < 4.78 is 1.83. The molecule has 2 aromatic heterocycles. The molecule has 3 aromatic rings. The summed E-state index contributed by atoms with van der Waals surface area (Å²) in [6.45, 7) is 3.44. The number of hydrogen-bond donors (Lipinski definition) is 1. The summed E-state index contributed by atoms with van der Waals surface area (Å²) in [4.78, 5) is 29.8. The Morgan fingerprint density at radius 3 is 2.88 bits per heavy atom. The van der Waals surface area contributed by atoms with E-state index in [0.29, 0.717) is 37.3 Å². The maximum atomic E-state index is 12.8. The standard InChI is InChI=1S/C18H18N4O2/c1-2-17(23)13-10-19-22-8-7-21(11-16(13)22)18(24)15-9-12-5-3-4-6-14(12)20-15/h3-6,9-10,20H,2,7-8,11H2,1H3. The highest BCUT2D eigenvalue weighted by atomic mass is 16.2. The van der Waals surface area contributed by atoms with Crippen molar-refractivity contribution in [1.29, 1.82) is 0 Å². The number of carbonyl (C=O) groups is 2. The molecule has 1 amide bonds. The molecule has 1 aliphatic heterocycles. The first kappa shape index (κ1) is 14.7. The van der Waals surface area contributed by atoms with Gasteiger partial charge in [0.2, 0.25) is 0 Å². The maximum absolute atomic E-state index is 12.8. The smallest absolute Gasteiger partial charge is 0.270 e. The van der Waals surface area contributed by atoms with Crippen LogP contribution >= 0.6 is 0 Å². The number of nitrogens with one attached hydrogen (secondary N) is 1. The van der Waals surface area contributed by atoms with Gasteiger partial charge in [0.15, 0.2) is 5.78 Å². The Bertz CT molecular complexity index is 905. The lowest BCUT2D eigenvalue weighted by Crippen LogP contribution is -2.39. The molecule has 1 aliphatic rings. The van der Waals surface area contributed by atoms with Gasteiger partial charge in [-0.15, -0.1) is 0 Å². The quantitative estimate of drug-likeness (QED) is 0.754. The van der Waals surface area contributed by atoms with Gasteiger partial charge >= 0.3 is 0 Å². The van der Waals surface area contributed by atoms with Crippen molar-refractivity contribution in [1.82, 2.24) is 19.7 Å². The Labute approximate surface area is 139 Å². The number of H-pyrrole nitrogens is 1. The molecule has 6 nitrogen and oxygen atoms in total. The fraction of sp³-hybridized carbons (Fsp3) is 0.278. The van der Waals surface area contributed by atoms with Crippen LogP contribution in [0.25, 0.3) is 10.9 Å². The number of nitrogens with zero attached hydrogens (tertiary/aromatic N) is 3. The lowest BCUT2D eigenvalue weighted by molar-refractivity contribution is 0.0698. The molecule has 0 atom stereocenters. The van der Waals surface area contributed by atoms with Gasteiger partial charge in [-0.2, -0.15) is 5.10 Å². The Kier molecular flexibility index (Phi) is 3.45. The van der Waals surface area contributed by atoms with Crippen molar-refractivity contribution < 1.29 is 9.59 Å². The minimum absolute atomic E-state index is 0.0476. The molecule has 0 saturated carbocycles. The van der Waals surface area contributed by atoms with E-state index in [2.05, 4.69) is 10.1 Å². The normalized spacial score (nSPS) is 14.0. The number of amides is 1. The highest BCUT2D eigenvalue weighted by Crippen LogP contribution is 2.21. The van der Waals surface area contributed by atoms with E-state index < -0.39 is 0 Å². The molecule has 4 rings (SSSR count). The fourth-order valence-electron chi connectivity index (χ4n) is 3.20. The van der Waals surface area contributed by atoms with Crippen LogP contribution in [0.1, 0.15) is 39.9 Å². The monoisotopic (exact) mass is 322 g/mol.